The number of nitrogens with zero attached hydrogens (tertiary/aromatic N) is 1. The second-order valence-electron chi connectivity index (χ2n) is 5.45. The number of pyridine rings is 1. The van der Waals surface area contributed by atoms with Crippen LogP contribution in [0.3, 0.4) is 0 Å². The highest BCUT2D eigenvalue weighted by Gasteiger charge is 2.08. The van der Waals surface area contributed by atoms with Gasteiger partial charge in [0, 0.05) is 29.9 Å². The lowest BCUT2D eigenvalue weighted by molar-refractivity contribution is 0.578. The number of fused-ring (bicyclic) bond motifs is 1. The van der Waals surface area contributed by atoms with E-state index >= 15 is 0 Å². The predicted molar refractivity (Wildman–Crippen MR) is 87.1 cm³/mol. The molecule has 1 aromatic carbocycles. The van der Waals surface area contributed by atoms with Gasteiger partial charge in [-0.05, 0) is 37.6 Å². The fourth-order valence-electron chi connectivity index (χ4n) is 2.29. The van der Waals surface area contributed by atoms with Gasteiger partial charge in [-0.2, -0.15) is 0 Å². The topological polar surface area (TPSA) is 63.0 Å². The molecule has 1 aromatic heterocycles. The normalized spacial score (nSPS) is 11.2. The van der Waals surface area contributed by atoms with Crippen LogP contribution in [0, 0.1) is 6.92 Å². The molecule has 0 aliphatic rings. The third-order valence-electron chi connectivity index (χ3n) is 3.32. The third-order valence-corrected chi connectivity index (χ3v) is 3.32. The van der Waals surface area contributed by atoms with Crippen molar-refractivity contribution in [3.05, 3.63) is 30.0 Å². The van der Waals surface area contributed by atoms with Crippen LogP contribution < -0.4 is 16.4 Å². The Morgan fingerprint density at radius 1 is 1.25 bits per heavy atom. The minimum atomic E-state index is 0.536. The minimum Gasteiger partial charge on any atom is -0.398 e. The van der Waals surface area contributed by atoms with E-state index in [1.54, 1.807) is 0 Å². The summed E-state index contributed by atoms with van der Waals surface area (Å²) in [6.45, 7) is 8.33. The first-order valence-electron chi connectivity index (χ1n) is 7.20. The Balaban J connectivity index is 2.11. The fraction of sp³-hybridized carbons (Fsp3) is 0.438. The zero-order valence-corrected chi connectivity index (χ0v) is 12.5. The molecule has 2 rings (SSSR count). The van der Waals surface area contributed by atoms with E-state index in [9.17, 15) is 0 Å². The standard InChI is InChI=1S/C16H24N4/c1-11(2)18-8-5-9-19-16-12(3)10-20-14-7-4-6-13(17)15(14)16/h4,6-7,10-11,18H,5,8-9,17H2,1-3H3,(H,19,20). The summed E-state index contributed by atoms with van der Waals surface area (Å²) >= 11 is 0. The minimum absolute atomic E-state index is 0.536. The lowest BCUT2D eigenvalue weighted by Crippen LogP contribution is -2.25. The fourth-order valence-corrected chi connectivity index (χ4v) is 2.29. The van der Waals surface area contributed by atoms with E-state index in [2.05, 4.69) is 36.4 Å². The van der Waals surface area contributed by atoms with Gasteiger partial charge < -0.3 is 16.4 Å². The average Bonchev–Trinajstić information content (AvgIpc) is 2.40. The van der Waals surface area contributed by atoms with Crippen molar-refractivity contribution in [1.82, 2.24) is 10.3 Å². The molecule has 4 heteroatoms. The maximum absolute atomic E-state index is 6.10. The molecule has 0 fully saturated rings. The molecule has 0 bridgehead atoms. The summed E-state index contributed by atoms with van der Waals surface area (Å²) in [7, 11) is 0. The van der Waals surface area contributed by atoms with Crippen molar-refractivity contribution in [2.24, 2.45) is 0 Å². The number of nitrogen functional groups attached to an aromatic ring is 1. The SMILES string of the molecule is Cc1cnc2cccc(N)c2c1NCCCNC(C)C. The molecule has 0 unspecified atom stereocenters. The Bertz CT molecular complexity index is 578. The van der Waals surface area contributed by atoms with E-state index in [4.69, 9.17) is 5.73 Å². The summed E-state index contributed by atoms with van der Waals surface area (Å²) in [5.74, 6) is 0. The summed E-state index contributed by atoms with van der Waals surface area (Å²) in [6.07, 6.45) is 2.98. The molecule has 108 valence electrons. The van der Waals surface area contributed by atoms with Gasteiger partial charge in [-0.1, -0.05) is 19.9 Å². The van der Waals surface area contributed by atoms with Gasteiger partial charge >= 0.3 is 0 Å². The van der Waals surface area contributed by atoms with Crippen molar-refractivity contribution in [1.29, 1.82) is 0 Å². The highest BCUT2D eigenvalue weighted by molar-refractivity contribution is 6.01. The van der Waals surface area contributed by atoms with Crippen molar-refractivity contribution in [3.8, 4) is 0 Å². The van der Waals surface area contributed by atoms with E-state index in [1.807, 2.05) is 24.4 Å². The zero-order valence-electron chi connectivity index (χ0n) is 12.5. The smallest absolute Gasteiger partial charge is 0.0743 e. The van der Waals surface area contributed by atoms with Crippen LogP contribution in [-0.4, -0.2) is 24.1 Å². The lowest BCUT2D eigenvalue weighted by Gasteiger charge is -2.14. The molecule has 0 spiro atoms. The second-order valence-corrected chi connectivity index (χ2v) is 5.45. The van der Waals surface area contributed by atoms with Crippen molar-refractivity contribution in [2.45, 2.75) is 33.2 Å². The van der Waals surface area contributed by atoms with E-state index in [0.717, 1.165) is 47.4 Å². The molecule has 4 nitrogen and oxygen atoms in total. The van der Waals surface area contributed by atoms with Crippen LogP contribution in [0.4, 0.5) is 11.4 Å². The molecule has 1 heterocycles. The van der Waals surface area contributed by atoms with Crippen molar-refractivity contribution < 1.29 is 0 Å². The largest absolute Gasteiger partial charge is 0.398 e. The summed E-state index contributed by atoms with van der Waals surface area (Å²) in [6, 6.07) is 6.40. The molecule has 0 aliphatic carbocycles. The van der Waals surface area contributed by atoms with Gasteiger partial charge in [-0.15, -0.1) is 0 Å². The van der Waals surface area contributed by atoms with E-state index < -0.39 is 0 Å². The first-order valence-corrected chi connectivity index (χ1v) is 7.20. The van der Waals surface area contributed by atoms with Gasteiger partial charge in [0.2, 0.25) is 0 Å². The summed E-state index contributed by atoms with van der Waals surface area (Å²) < 4.78 is 0. The number of hydrogen-bond acceptors (Lipinski definition) is 4. The first kappa shape index (κ1) is 14.6. The Labute approximate surface area is 120 Å². The van der Waals surface area contributed by atoms with E-state index in [-0.39, 0.29) is 0 Å². The lowest BCUT2D eigenvalue weighted by atomic mass is 10.1. The number of benzene rings is 1. The molecule has 0 aliphatic heterocycles. The highest BCUT2D eigenvalue weighted by Crippen LogP contribution is 2.30. The van der Waals surface area contributed by atoms with Gasteiger partial charge in [0.15, 0.2) is 0 Å². The van der Waals surface area contributed by atoms with Crippen LogP contribution in [-0.2, 0) is 0 Å². The van der Waals surface area contributed by atoms with Crippen LogP contribution in [0.5, 0.6) is 0 Å². The quantitative estimate of drug-likeness (QED) is 0.559. The maximum Gasteiger partial charge on any atom is 0.0743 e. The van der Waals surface area contributed by atoms with Gasteiger partial charge in [-0.3, -0.25) is 4.98 Å². The molecular weight excluding hydrogens is 248 g/mol. The number of rotatable bonds is 6. The Morgan fingerprint density at radius 2 is 2.05 bits per heavy atom. The maximum atomic E-state index is 6.10. The Hall–Kier alpha value is -1.81. The molecule has 0 atom stereocenters. The molecule has 0 amide bonds. The van der Waals surface area contributed by atoms with Crippen molar-refractivity contribution >= 4 is 22.3 Å². The van der Waals surface area contributed by atoms with Crippen molar-refractivity contribution in [2.75, 3.05) is 24.1 Å². The van der Waals surface area contributed by atoms with E-state index in [0.29, 0.717) is 6.04 Å². The molecule has 4 N–H and O–H groups in total. The predicted octanol–water partition coefficient (Wildman–Crippen LogP) is 2.93. The number of aromatic nitrogens is 1. The molecule has 2 aromatic rings. The molecule has 0 saturated heterocycles. The van der Waals surface area contributed by atoms with Gasteiger partial charge in [0.1, 0.15) is 0 Å². The van der Waals surface area contributed by atoms with Gasteiger partial charge in [0.05, 0.1) is 11.2 Å². The number of aryl methyl sites for hydroxylation is 1. The summed E-state index contributed by atoms with van der Waals surface area (Å²) in [4.78, 5) is 4.44. The Morgan fingerprint density at radius 3 is 2.80 bits per heavy atom. The molecule has 20 heavy (non-hydrogen) atoms. The van der Waals surface area contributed by atoms with Crippen LogP contribution in [0.2, 0.25) is 0 Å². The molecule has 0 radical (unpaired) electrons. The number of nitrogens with one attached hydrogen (secondary N) is 2. The average molecular weight is 272 g/mol. The number of hydrogen-bond donors (Lipinski definition) is 3. The monoisotopic (exact) mass is 272 g/mol. The van der Waals surface area contributed by atoms with Crippen LogP contribution >= 0.6 is 0 Å². The third kappa shape index (κ3) is 3.39. The molecular formula is C16H24N4. The van der Waals surface area contributed by atoms with Gasteiger partial charge in [-0.25, -0.2) is 0 Å². The van der Waals surface area contributed by atoms with Gasteiger partial charge in [0.25, 0.3) is 0 Å². The highest BCUT2D eigenvalue weighted by atomic mass is 14.9. The summed E-state index contributed by atoms with van der Waals surface area (Å²) in [5, 5.41) is 7.96. The van der Waals surface area contributed by atoms with Crippen LogP contribution in [0.25, 0.3) is 10.9 Å². The number of nitrogens with two attached hydrogens (primary N) is 1. The zero-order chi connectivity index (χ0) is 14.5. The molecule has 0 saturated carbocycles. The van der Waals surface area contributed by atoms with Crippen molar-refractivity contribution in [3.63, 3.8) is 0 Å². The van der Waals surface area contributed by atoms with Crippen LogP contribution in [0.15, 0.2) is 24.4 Å². The van der Waals surface area contributed by atoms with E-state index in [1.165, 1.54) is 0 Å². The Kier molecular flexibility index (Phi) is 4.79. The first-order chi connectivity index (χ1) is 9.59. The second kappa shape index (κ2) is 6.57. The van der Waals surface area contributed by atoms with Crippen LogP contribution in [0.1, 0.15) is 25.8 Å². The number of anilines is 2. The summed E-state index contributed by atoms with van der Waals surface area (Å²) in [5.41, 5.74) is 10.1.